The Labute approximate surface area is 118 Å². The average Bonchev–Trinajstić information content (AvgIpc) is 2.81. The molecule has 1 aromatic rings. The van der Waals surface area contributed by atoms with Crippen molar-refractivity contribution in [3.63, 3.8) is 0 Å². The SMILES string of the molecule is CCCn1ncnc1CN1CC(=O)NC(C(C)C)C1=O. The number of aryl methyl sites for hydroxylation is 1. The Morgan fingerprint density at radius 2 is 2.20 bits per heavy atom. The molecule has 1 N–H and O–H groups in total. The number of piperazine rings is 1. The quantitative estimate of drug-likeness (QED) is 0.833. The van der Waals surface area contributed by atoms with E-state index in [0.29, 0.717) is 6.54 Å². The molecule has 0 aliphatic carbocycles. The minimum absolute atomic E-state index is 0.0503. The lowest BCUT2D eigenvalue weighted by atomic mass is 10.0. The Balaban J connectivity index is 2.12. The van der Waals surface area contributed by atoms with Crippen molar-refractivity contribution in [1.82, 2.24) is 25.0 Å². The lowest BCUT2D eigenvalue weighted by molar-refractivity contribution is -0.146. The second kappa shape index (κ2) is 6.02. The van der Waals surface area contributed by atoms with E-state index in [2.05, 4.69) is 22.3 Å². The molecule has 2 rings (SSSR count). The molecule has 1 saturated heterocycles. The van der Waals surface area contributed by atoms with E-state index in [0.717, 1.165) is 18.8 Å². The van der Waals surface area contributed by atoms with Gasteiger partial charge >= 0.3 is 0 Å². The van der Waals surface area contributed by atoms with Crippen LogP contribution in [-0.4, -0.2) is 44.1 Å². The molecule has 7 heteroatoms. The van der Waals surface area contributed by atoms with Gasteiger partial charge in [0.05, 0.1) is 6.54 Å². The highest BCUT2D eigenvalue weighted by molar-refractivity contribution is 5.94. The molecule has 0 radical (unpaired) electrons. The van der Waals surface area contributed by atoms with Crippen molar-refractivity contribution in [3.05, 3.63) is 12.2 Å². The smallest absolute Gasteiger partial charge is 0.246 e. The van der Waals surface area contributed by atoms with Gasteiger partial charge in [0.15, 0.2) is 0 Å². The van der Waals surface area contributed by atoms with E-state index in [1.807, 2.05) is 13.8 Å². The summed E-state index contributed by atoms with van der Waals surface area (Å²) in [5.74, 6) is 0.621. The molecule has 0 saturated carbocycles. The van der Waals surface area contributed by atoms with Crippen molar-refractivity contribution >= 4 is 11.8 Å². The van der Waals surface area contributed by atoms with Crippen LogP contribution in [0.4, 0.5) is 0 Å². The van der Waals surface area contributed by atoms with Gasteiger partial charge in [-0.15, -0.1) is 0 Å². The normalized spacial score (nSPS) is 19.6. The second-order valence-electron chi connectivity index (χ2n) is 5.38. The first kappa shape index (κ1) is 14.5. The fourth-order valence-electron chi connectivity index (χ4n) is 2.29. The van der Waals surface area contributed by atoms with Gasteiger partial charge in [-0.2, -0.15) is 5.10 Å². The molecule has 0 bridgehead atoms. The van der Waals surface area contributed by atoms with E-state index in [-0.39, 0.29) is 24.3 Å². The average molecular weight is 279 g/mol. The Morgan fingerprint density at radius 1 is 1.45 bits per heavy atom. The third-order valence-electron chi connectivity index (χ3n) is 3.36. The molecule has 0 aromatic carbocycles. The molecule has 1 fully saturated rings. The summed E-state index contributed by atoms with van der Waals surface area (Å²) in [6, 6.07) is -0.446. The van der Waals surface area contributed by atoms with Crippen molar-refractivity contribution in [2.24, 2.45) is 5.92 Å². The van der Waals surface area contributed by atoms with Crippen LogP contribution in [0.5, 0.6) is 0 Å². The number of hydrogen-bond donors (Lipinski definition) is 1. The molecule has 1 aromatic heterocycles. The Bertz CT molecular complexity index is 497. The lowest BCUT2D eigenvalue weighted by Crippen LogP contribution is -2.59. The van der Waals surface area contributed by atoms with Gasteiger partial charge < -0.3 is 10.2 Å². The van der Waals surface area contributed by atoms with Crippen LogP contribution in [0.15, 0.2) is 6.33 Å². The van der Waals surface area contributed by atoms with Crippen LogP contribution < -0.4 is 5.32 Å². The third kappa shape index (κ3) is 2.97. The molecule has 7 nitrogen and oxygen atoms in total. The topological polar surface area (TPSA) is 80.1 Å². The largest absolute Gasteiger partial charge is 0.343 e. The number of carbonyl (C=O) groups excluding carboxylic acids is 2. The monoisotopic (exact) mass is 279 g/mol. The molecule has 110 valence electrons. The summed E-state index contributed by atoms with van der Waals surface area (Å²) in [5.41, 5.74) is 0. The molecule has 2 heterocycles. The van der Waals surface area contributed by atoms with Crippen LogP contribution in [-0.2, 0) is 22.7 Å². The van der Waals surface area contributed by atoms with Crippen molar-refractivity contribution in [2.75, 3.05) is 6.54 Å². The van der Waals surface area contributed by atoms with Gasteiger partial charge in [0, 0.05) is 6.54 Å². The highest BCUT2D eigenvalue weighted by atomic mass is 16.2. The number of carbonyl (C=O) groups is 2. The van der Waals surface area contributed by atoms with Gasteiger partial charge in [-0.1, -0.05) is 20.8 Å². The summed E-state index contributed by atoms with van der Waals surface area (Å²) >= 11 is 0. The van der Waals surface area contributed by atoms with E-state index in [4.69, 9.17) is 0 Å². The van der Waals surface area contributed by atoms with Gasteiger partial charge in [-0.25, -0.2) is 9.67 Å². The highest BCUT2D eigenvalue weighted by Gasteiger charge is 2.34. The zero-order chi connectivity index (χ0) is 14.7. The molecule has 1 aliphatic heterocycles. The zero-order valence-electron chi connectivity index (χ0n) is 12.2. The number of rotatable bonds is 5. The molecule has 1 unspecified atom stereocenters. The Morgan fingerprint density at radius 3 is 2.85 bits per heavy atom. The van der Waals surface area contributed by atoms with Crippen LogP contribution in [0, 0.1) is 5.92 Å². The summed E-state index contributed by atoms with van der Waals surface area (Å²) < 4.78 is 1.78. The van der Waals surface area contributed by atoms with Crippen molar-refractivity contribution < 1.29 is 9.59 Å². The first-order chi connectivity index (χ1) is 9.52. The van der Waals surface area contributed by atoms with Crippen LogP contribution in [0.2, 0.25) is 0 Å². The first-order valence-electron chi connectivity index (χ1n) is 6.97. The summed E-state index contributed by atoms with van der Waals surface area (Å²) in [4.78, 5) is 29.8. The minimum atomic E-state index is -0.446. The number of nitrogens with one attached hydrogen (secondary N) is 1. The van der Waals surface area contributed by atoms with E-state index < -0.39 is 6.04 Å². The van der Waals surface area contributed by atoms with E-state index in [1.54, 1.807) is 9.58 Å². The fraction of sp³-hybridized carbons (Fsp3) is 0.692. The predicted octanol–water partition coefficient (Wildman–Crippen LogP) is 0.171. The van der Waals surface area contributed by atoms with Gasteiger partial charge in [0.2, 0.25) is 11.8 Å². The van der Waals surface area contributed by atoms with Crippen LogP contribution >= 0.6 is 0 Å². The van der Waals surface area contributed by atoms with Crippen LogP contribution in [0.1, 0.15) is 33.0 Å². The summed E-state index contributed by atoms with van der Waals surface area (Å²) in [6.07, 6.45) is 2.43. The van der Waals surface area contributed by atoms with Crippen LogP contribution in [0.3, 0.4) is 0 Å². The first-order valence-corrected chi connectivity index (χ1v) is 6.97. The summed E-state index contributed by atoms with van der Waals surface area (Å²) in [7, 11) is 0. The number of aromatic nitrogens is 3. The van der Waals surface area contributed by atoms with Gasteiger partial charge in [-0.05, 0) is 12.3 Å². The van der Waals surface area contributed by atoms with Crippen molar-refractivity contribution in [3.8, 4) is 0 Å². The maximum atomic E-state index is 12.4. The number of nitrogens with zero attached hydrogens (tertiary/aromatic N) is 4. The molecule has 2 amide bonds. The molecule has 1 atom stereocenters. The molecule has 20 heavy (non-hydrogen) atoms. The maximum Gasteiger partial charge on any atom is 0.246 e. The fourth-order valence-corrected chi connectivity index (χ4v) is 2.29. The molecule has 0 spiro atoms. The number of hydrogen-bond acceptors (Lipinski definition) is 4. The zero-order valence-corrected chi connectivity index (χ0v) is 12.2. The van der Waals surface area contributed by atoms with E-state index in [1.165, 1.54) is 6.33 Å². The van der Waals surface area contributed by atoms with Crippen molar-refractivity contribution in [2.45, 2.75) is 46.3 Å². The highest BCUT2D eigenvalue weighted by Crippen LogP contribution is 2.13. The standard InChI is InChI=1S/C13H21N5O2/c1-4-5-18-10(14-8-15-18)6-17-7-11(19)16-12(9(2)3)13(17)20/h8-9,12H,4-7H2,1-3H3,(H,16,19). The van der Waals surface area contributed by atoms with Gasteiger partial charge in [0.25, 0.3) is 0 Å². The molecule has 1 aliphatic rings. The minimum Gasteiger partial charge on any atom is -0.343 e. The molecular weight excluding hydrogens is 258 g/mol. The van der Waals surface area contributed by atoms with Crippen molar-refractivity contribution in [1.29, 1.82) is 0 Å². The Kier molecular flexibility index (Phi) is 4.36. The van der Waals surface area contributed by atoms with E-state index >= 15 is 0 Å². The number of amides is 2. The van der Waals surface area contributed by atoms with Crippen LogP contribution in [0.25, 0.3) is 0 Å². The molecular formula is C13H21N5O2. The lowest BCUT2D eigenvalue weighted by Gasteiger charge is -2.34. The van der Waals surface area contributed by atoms with Gasteiger partial charge in [-0.3, -0.25) is 9.59 Å². The van der Waals surface area contributed by atoms with E-state index in [9.17, 15) is 9.59 Å². The van der Waals surface area contributed by atoms with Gasteiger partial charge in [0.1, 0.15) is 24.7 Å². The summed E-state index contributed by atoms with van der Waals surface area (Å²) in [6.45, 7) is 7.07. The Hall–Kier alpha value is -1.92. The summed E-state index contributed by atoms with van der Waals surface area (Å²) in [5, 5.41) is 6.88. The second-order valence-corrected chi connectivity index (χ2v) is 5.38. The third-order valence-corrected chi connectivity index (χ3v) is 3.36. The predicted molar refractivity (Wildman–Crippen MR) is 72.5 cm³/mol. The maximum absolute atomic E-state index is 12.4.